The number of aromatic nitrogens is 2. The van der Waals surface area contributed by atoms with Gasteiger partial charge in [0.1, 0.15) is 5.82 Å². The van der Waals surface area contributed by atoms with Gasteiger partial charge in [-0.3, -0.25) is 9.69 Å². The highest BCUT2D eigenvalue weighted by Gasteiger charge is 2.20. The molecule has 5 nitrogen and oxygen atoms in total. The third kappa shape index (κ3) is 3.28. The SMILES string of the molecule is CC(NC(=O)CN1CCn2ccnc2C1)c1cccc2ccccc12. The van der Waals surface area contributed by atoms with Gasteiger partial charge in [-0.05, 0) is 23.3 Å². The second kappa shape index (κ2) is 6.69. The van der Waals surface area contributed by atoms with Crippen LogP contribution < -0.4 is 5.32 Å². The molecule has 25 heavy (non-hydrogen) atoms. The van der Waals surface area contributed by atoms with E-state index in [9.17, 15) is 4.79 Å². The number of hydrogen-bond acceptors (Lipinski definition) is 3. The molecule has 2 aromatic carbocycles. The van der Waals surface area contributed by atoms with Gasteiger partial charge in [0, 0.05) is 25.5 Å². The van der Waals surface area contributed by atoms with Crippen LogP contribution in [0.3, 0.4) is 0 Å². The number of rotatable bonds is 4. The van der Waals surface area contributed by atoms with Gasteiger partial charge in [0.05, 0.1) is 19.1 Å². The molecule has 2 heterocycles. The van der Waals surface area contributed by atoms with Gasteiger partial charge in [-0.1, -0.05) is 42.5 Å². The quantitative estimate of drug-likeness (QED) is 0.798. The van der Waals surface area contributed by atoms with E-state index in [1.54, 1.807) is 0 Å². The maximum Gasteiger partial charge on any atom is 0.234 e. The highest BCUT2D eigenvalue weighted by molar-refractivity contribution is 5.87. The molecule has 0 saturated heterocycles. The molecule has 0 fully saturated rings. The molecule has 1 aromatic heterocycles. The predicted molar refractivity (Wildman–Crippen MR) is 98.0 cm³/mol. The van der Waals surface area contributed by atoms with Gasteiger partial charge < -0.3 is 9.88 Å². The van der Waals surface area contributed by atoms with Crippen LogP contribution in [0, 0.1) is 0 Å². The number of carbonyl (C=O) groups excluding carboxylic acids is 1. The molecule has 5 heteroatoms. The van der Waals surface area contributed by atoms with Crippen LogP contribution in [0.15, 0.2) is 54.9 Å². The van der Waals surface area contributed by atoms with Crippen molar-refractivity contribution in [3.05, 3.63) is 66.2 Å². The Balaban J connectivity index is 1.42. The Bertz CT molecular complexity index is 896. The maximum absolute atomic E-state index is 12.5. The first kappa shape index (κ1) is 15.8. The van der Waals surface area contributed by atoms with Crippen LogP contribution in [0.5, 0.6) is 0 Å². The molecule has 0 radical (unpaired) electrons. The lowest BCUT2D eigenvalue weighted by molar-refractivity contribution is -0.123. The Kier molecular flexibility index (Phi) is 4.24. The zero-order valence-electron chi connectivity index (χ0n) is 14.4. The summed E-state index contributed by atoms with van der Waals surface area (Å²) in [6, 6.07) is 14.5. The van der Waals surface area contributed by atoms with Gasteiger partial charge in [0.15, 0.2) is 0 Å². The number of benzene rings is 2. The molecular formula is C20H22N4O. The molecule has 1 N–H and O–H groups in total. The maximum atomic E-state index is 12.5. The van der Waals surface area contributed by atoms with Crippen molar-refractivity contribution in [3.8, 4) is 0 Å². The molecule has 1 atom stereocenters. The minimum Gasteiger partial charge on any atom is -0.348 e. The average molecular weight is 334 g/mol. The summed E-state index contributed by atoms with van der Waals surface area (Å²) in [4.78, 5) is 19.0. The van der Waals surface area contributed by atoms with Crippen molar-refractivity contribution in [2.45, 2.75) is 26.1 Å². The Morgan fingerprint density at radius 1 is 1.20 bits per heavy atom. The van der Waals surface area contributed by atoms with E-state index in [1.807, 2.05) is 37.5 Å². The minimum absolute atomic E-state index is 0.0228. The number of nitrogens with zero attached hydrogens (tertiary/aromatic N) is 3. The summed E-state index contributed by atoms with van der Waals surface area (Å²) in [5.41, 5.74) is 1.15. The minimum atomic E-state index is -0.0228. The van der Waals surface area contributed by atoms with Crippen molar-refractivity contribution in [3.63, 3.8) is 0 Å². The van der Waals surface area contributed by atoms with Crippen molar-refractivity contribution < 1.29 is 4.79 Å². The Morgan fingerprint density at radius 2 is 2.04 bits per heavy atom. The fourth-order valence-corrected chi connectivity index (χ4v) is 3.55. The first-order chi connectivity index (χ1) is 12.2. The van der Waals surface area contributed by atoms with Crippen LogP contribution in [-0.2, 0) is 17.9 Å². The van der Waals surface area contributed by atoms with E-state index in [-0.39, 0.29) is 11.9 Å². The number of amides is 1. The molecule has 3 aromatic rings. The van der Waals surface area contributed by atoms with Crippen molar-refractivity contribution in [2.24, 2.45) is 0 Å². The summed E-state index contributed by atoms with van der Waals surface area (Å²) >= 11 is 0. The highest BCUT2D eigenvalue weighted by atomic mass is 16.2. The first-order valence-corrected chi connectivity index (χ1v) is 8.70. The van der Waals surface area contributed by atoms with Gasteiger partial charge in [-0.25, -0.2) is 4.98 Å². The molecule has 0 aliphatic carbocycles. The standard InChI is InChI=1S/C20H22N4O/c1-15(17-8-4-6-16-5-2-3-7-18(16)17)22-20(25)14-23-11-12-24-10-9-21-19(24)13-23/h2-10,15H,11-14H2,1H3,(H,22,25). The summed E-state index contributed by atoms with van der Waals surface area (Å²) in [7, 11) is 0. The molecule has 0 saturated carbocycles. The zero-order chi connectivity index (χ0) is 17.2. The molecule has 1 aliphatic heterocycles. The van der Waals surface area contributed by atoms with Crippen molar-refractivity contribution >= 4 is 16.7 Å². The summed E-state index contributed by atoms with van der Waals surface area (Å²) < 4.78 is 2.15. The van der Waals surface area contributed by atoms with E-state index in [0.29, 0.717) is 6.54 Å². The zero-order valence-corrected chi connectivity index (χ0v) is 14.4. The topological polar surface area (TPSA) is 50.2 Å². The van der Waals surface area contributed by atoms with E-state index in [4.69, 9.17) is 0 Å². The van der Waals surface area contributed by atoms with E-state index >= 15 is 0 Å². The molecular weight excluding hydrogens is 312 g/mol. The normalized spacial score (nSPS) is 15.7. The Labute approximate surface area is 147 Å². The molecule has 1 unspecified atom stereocenters. The van der Waals surface area contributed by atoms with Crippen LogP contribution in [0.1, 0.15) is 24.4 Å². The van der Waals surface area contributed by atoms with Gasteiger partial charge >= 0.3 is 0 Å². The van der Waals surface area contributed by atoms with E-state index in [1.165, 1.54) is 10.8 Å². The van der Waals surface area contributed by atoms with Gasteiger partial charge in [0.2, 0.25) is 5.91 Å². The third-order valence-electron chi connectivity index (χ3n) is 4.86. The molecule has 128 valence electrons. The molecule has 0 spiro atoms. The van der Waals surface area contributed by atoms with Gasteiger partial charge in [0.25, 0.3) is 0 Å². The Hall–Kier alpha value is -2.66. The fourth-order valence-electron chi connectivity index (χ4n) is 3.55. The number of nitrogens with one attached hydrogen (secondary N) is 1. The molecule has 0 bridgehead atoms. The lowest BCUT2D eigenvalue weighted by Gasteiger charge is -2.27. The molecule has 1 aliphatic rings. The number of hydrogen-bond donors (Lipinski definition) is 1. The largest absolute Gasteiger partial charge is 0.348 e. The number of fused-ring (bicyclic) bond motifs is 2. The molecule has 1 amide bonds. The average Bonchev–Trinajstić information content (AvgIpc) is 3.08. The summed E-state index contributed by atoms with van der Waals surface area (Å²) in [5, 5.41) is 5.54. The van der Waals surface area contributed by atoms with Crippen LogP contribution in [0.4, 0.5) is 0 Å². The Morgan fingerprint density at radius 3 is 2.96 bits per heavy atom. The van der Waals surface area contributed by atoms with Crippen LogP contribution >= 0.6 is 0 Å². The van der Waals surface area contributed by atoms with Gasteiger partial charge in [-0.2, -0.15) is 0 Å². The van der Waals surface area contributed by atoms with Crippen LogP contribution in [0.2, 0.25) is 0 Å². The highest BCUT2D eigenvalue weighted by Crippen LogP contribution is 2.24. The summed E-state index contributed by atoms with van der Waals surface area (Å²) in [6.45, 7) is 4.94. The monoisotopic (exact) mass is 334 g/mol. The first-order valence-electron chi connectivity index (χ1n) is 8.70. The van der Waals surface area contributed by atoms with Crippen LogP contribution in [0.25, 0.3) is 10.8 Å². The van der Waals surface area contributed by atoms with Crippen LogP contribution in [-0.4, -0.2) is 33.4 Å². The smallest absolute Gasteiger partial charge is 0.234 e. The molecule has 4 rings (SSSR count). The summed E-state index contributed by atoms with van der Waals surface area (Å²) in [5.74, 6) is 1.08. The van der Waals surface area contributed by atoms with E-state index < -0.39 is 0 Å². The lowest BCUT2D eigenvalue weighted by atomic mass is 10.00. The second-order valence-corrected chi connectivity index (χ2v) is 6.61. The summed E-state index contributed by atoms with van der Waals surface area (Å²) in [6.07, 6.45) is 3.82. The van der Waals surface area contributed by atoms with Crippen molar-refractivity contribution in [1.82, 2.24) is 19.8 Å². The number of imidazole rings is 1. The predicted octanol–water partition coefficient (Wildman–Crippen LogP) is 2.73. The third-order valence-corrected chi connectivity index (χ3v) is 4.86. The van der Waals surface area contributed by atoms with E-state index in [2.05, 4.69) is 44.0 Å². The lowest BCUT2D eigenvalue weighted by Crippen LogP contribution is -2.41. The van der Waals surface area contributed by atoms with Crippen molar-refractivity contribution in [1.29, 1.82) is 0 Å². The number of carbonyl (C=O) groups is 1. The second-order valence-electron chi connectivity index (χ2n) is 6.61. The van der Waals surface area contributed by atoms with Crippen molar-refractivity contribution in [2.75, 3.05) is 13.1 Å². The van der Waals surface area contributed by atoms with Gasteiger partial charge in [-0.15, -0.1) is 0 Å². The fraction of sp³-hybridized carbons (Fsp3) is 0.300. The van der Waals surface area contributed by atoms with E-state index in [0.717, 1.165) is 31.0 Å².